The number of benzene rings is 1. The molecule has 0 unspecified atom stereocenters. The Morgan fingerprint density at radius 3 is 2.33 bits per heavy atom. The molecule has 1 fully saturated rings. The van der Waals surface area contributed by atoms with Crippen LogP contribution >= 0.6 is 0 Å². The topological polar surface area (TPSA) is 35.5 Å². The monoisotopic (exact) mass is 252 g/mol. The molecule has 0 N–H and O–H groups in total. The molecule has 1 aliphatic carbocycles. The third kappa shape index (κ3) is 3.22. The molecule has 0 bridgehead atoms. The largest absolute Gasteiger partial charge is 0.490 e. The van der Waals surface area contributed by atoms with E-state index in [1.807, 2.05) is 0 Å². The lowest BCUT2D eigenvalue weighted by Crippen LogP contribution is -2.28. The first-order chi connectivity index (χ1) is 8.69. The van der Waals surface area contributed by atoms with Crippen molar-refractivity contribution in [2.75, 3.05) is 7.11 Å². The van der Waals surface area contributed by atoms with Crippen LogP contribution in [0.4, 0.5) is 4.39 Å². The van der Waals surface area contributed by atoms with E-state index in [2.05, 4.69) is 0 Å². The van der Waals surface area contributed by atoms with Gasteiger partial charge in [-0.3, -0.25) is 4.79 Å². The van der Waals surface area contributed by atoms with Crippen LogP contribution < -0.4 is 4.74 Å². The summed E-state index contributed by atoms with van der Waals surface area (Å²) in [6, 6.07) is 6.02. The number of hydrogen-bond acceptors (Lipinski definition) is 3. The zero-order valence-electron chi connectivity index (χ0n) is 10.4. The van der Waals surface area contributed by atoms with Crippen LogP contribution in [-0.4, -0.2) is 19.2 Å². The summed E-state index contributed by atoms with van der Waals surface area (Å²) in [4.78, 5) is 11.4. The van der Waals surface area contributed by atoms with Crippen molar-refractivity contribution in [3.63, 3.8) is 0 Å². The van der Waals surface area contributed by atoms with E-state index in [4.69, 9.17) is 9.47 Å². The number of halogens is 1. The molecular formula is C14H17FO3. The van der Waals surface area contributed by atoms with Gasteiger partial charge < -0.3 is 9.47 Å². The molecule has 1 aliphatic rings. The van der Waals surface area contributed by atoms with Gasteiger partial charge in [-0.25, -0.2) is 4.39 Å². The summed E-state index contributed by atoms with van der Waals surface area (Å²) in [5, 5.41) is 0. The van der Waals surface area contributed by atoms with Crippen molar-refractivity contribution in [3.8, 4) is 5.75 Å². The average Bonchev–Trinajstić information content (AvgIpc) is 2.41. The summed E-state index contributed by atoms with van der Waals surface area (Å²) >= 11 is 0. The van der Waals surface area contributed by atoms with Crippen molar-refractivity contribution in [1.82, 2.24) is 0 Å². The second-order valence-corrected chi connectivity index (χ2v) is 4.57. The lowest BCUT2D eigenvalue weighted by molar-refractivity contribution is -0.147. The Labute approximate surface area is 106 Å². The average molecular weight is 252 g/mol. The Kier molecular flexibility index (Phi) is 4.18. The highest BCUT2D eigenvalue weighted by Gasteiger charge is 2.27. The molecule has 0 aromatic heterocycles. The Morgan fingerprint density at radius 2 is 1.78 bits per heavy atom. The van der Waals surface area contributed by atoms with Crippen LogP contribution in [0.3, 0.4) is 0 Å². The van der Waals surface area contributed by atoms with Crippen LogP contribution in [-0.2, 0) is 9.53 Å². The highest BCUT2D eigenvalue weighted by Crippen LogP contribution is 2.28. The minimum atomic E-state index is -0.267. The van der Waals surface area contributed by atoms with Gasteiger partial charge in [-0.2, -0.15) is 0 Å². The lowest BCUT2D eigenvalue weighted by Gasteiger charge is -2.27. The number of methoxy groups -OCH3 is 1. The maximum absolute atomic E-state index is 12.7. The molecule has 3 nitrogen and oxygen atoms in total. The van der Waals surface area contributed by atoms with Gasteiger partial charge in [0.25, 0.3) is 0 Å². The Morgan fingerprint density at radius 1 is 1.17 bits per heavy atom. The first-order valence-corrected chi connectivity index (χ1v) is 6.19. The molecule has 1 aromatic carbocycles. The van der Waals surface area contributed by atoms with E-state index in [1.54, 1.807) is 12.1 Å². The first-order valence-electron chi connectivity index (χ1n) is 6.19. The van der Waals surface area contributed by atoms with E-state index >= 15 is 0 Å². The summed E-state index contributed by atoms with van der Waals surface area (Å²) in [5.74, 6) is 0.285. The van der Waals surface area contributed by atoms with E-state index in [9.17, 15) is 9.18 Å². The van der Waals surface area contributed by atoms with Gasteiger partial charge in [-0.05, 0) is 49.9 Å². The van der Waals surface area contributed by atoms with E-state index in [-0.39, 0.29) is 23.8 Å². The lowest BCUT2D eigenvalue weighted by atomic mass is 9.87. The first kappa shape index (κ1) is 12.9. The van der Waals surface area contributed by atoms with Crippen LogP contribution in [0.5, 0.6) is 5.75 Å². The van der Waals surface area contributed by atoms with Gasteiger partial charge in [0, 0.05) is 0 Å². The standard InChI is InChI=1S/C14H17FO3/c1-17-14(16)10-2-6-12(7-3-10)18-13-8-4-11(15)5-9-13/h4-5,8-10,12H,2-3,6-7H2,1H3. The molecule has 0 saturated heterocycles. The van der Waals surface area contributed by atoms with Crippen LogP contribution in [0.15, 0.2) is 24.3 Å². The Hall–Kier alpha value is -1.58. The van der Waals surface area contributed by atoms with Gasteiger partial charge in [0.05, 0.1) is 19.1 Å². The van der Waals surface area contributed by atoms with E-state index in [1.165, 1.54) is 19.2 Å². The highest BCUT2D eigenvalue weighted by molar-refractivity contribution is 5.72. The Bertz CT molecular complexity index is 394. The predicted octanol–water partition coefficient (Wildman–Crippen LogP) is 2.94. The molecule has 0 heterocycles. The van der Waals surface area contributed by atoms with Crippen molar-refractivity contribution in [2.45, 2.75) is 31.8 Å². The minimum absolute atomic E-state index is 0.00284. The molecule has 4 heteroatoms. The zero-order chi connectivity index (χ0) is 13.0. The molecule has 18 heavy (non-hydrogen) atoms. The fraction of sp³-hybridized carbons (Fsp3) is 0.500. The molecule has 0 atom stereocenters. The SMILES string of the molecule is COC(=O)C1CCC(Oc2ccc(F)cc2)CC1. The van der Waals surface area contributed by atoms with Crippen LogP contribution in [0.25, 0.3) is 0 Å². The second-order valence-electron chi connectivity index (χ2n) is 4.57. The summed E-state index contributed by atoms with van der Waals surface area (Å²) in [7, 11) is 1.42. The van der Waals surface area contributed by atoms with E-state index < -0.39 is 0 Å². The third-order valence-electron chi connectivity index (χ3n) is 3.33. The smallest absolute Gasteiger partial charge is 0.308 e. The summed E-state index contributed by atoms with van der Waals surface area (Å²) in [6.45, 7) is 0. The number of ether oxygens (including phenoxy) is 2. The molecule has 0 amide bonds. The van der Waals surface area contributed by atoms with Crippen LogP contribution in [0, 0.1) is 11.7 Å². The van der Waals surface area contributed by atoms with Gasteiger partial charge in [0.15, 0.2) is 0 Å². The molecule has 98 valence electrons. The van der Waals surface area contributed by atoms with Crippen molar-refractivity contribution >= 4 is 5.97 Å². The van der Waals surface area contributed by atoms with Crippen molar-refractivity contribution < 1.29 is 18.7 Å². The molecule has 0 radical (unpaired) electrons. The van der Waals surface area contributed by atoms with Crippen molar-refractivity contribution in [1.29, 1.82) is 0 Å². The van der Waals surface area contributed by atoms with E-state index in [0.717, 1.165) is 25.7 Å². The number of carbonyl (C=O) groups is 1. The van der Waals surface area contributed by atoms with Gasteiger partial charge in [-0.1, -0.05) is 0 Å². The number of carbonyl (C=O) groups excluding carboxylic acids is 1. The van der Waals surface area contributed by atoms with Crippen molar-refractivity contribution in [3.05, 3.63) is 30.1 Å². The van der Waals surface area contributed by atoms with Gasteiger partial charge in [0.1, 0.15) is 11.6 Å². The molecule has 2 rings (SSSR count). The van der Waals surface area contributed by atoms with Crippen LogP contribution in [0.2, 0.25) is 0 Å². The molecule has 0 aliphatic heterocycles. The minimum Gasteiger partial charge on any atom is -0.490 e. The maximum Gasteiger partial charge on any atom is 0.308 e. The van der Waals surface area contributed by atoms with Gasteiger partial charge in [0.2, 0.25) is 0 Å². The second kappa shape index (κ2) is 5.85. The molecule has 1 saturated carbocycles. The molecule has 0 spiro atoms. The van der Waals surface area contributed by atoms with Gasteiger partial charge in [-0.15, -0.1) is 0 Å². The maximum atomic E-state index is 12.7. The fourth-order valence-electron chi connectivity index (χ4n) is 2.29. The van der Waals surface area contributed by atoms with Crippen LogP contribution in [0.1, 0.15) is 25.7 Å². The summed E-state index contributed by atoms with van der Waals surface area (Å²) in [5.41, 5.74) is 0. The fourth-order valence-corrected chi connectivity index (χ4v) is 2.29. The number of hydrogen-bond donors (Lipinski definition) is 0. The highest BCUT2D eigenvalue weighted by atomic mass is 19.1. The third-order valence-corrected chi connectivity index (χ3v) is 3.33. The van der Waals surface area contributed by atoms with E-state index in [0.29, 0.717) is 5.75 Å². The normalized spacial score (nSPS) is 23.4. The summed E-state index contributed by atoms with van der Waals surface area (Å²) < 4.78 is 23.2. The zero-order valence-corrected chi connectivity index (χ0v) is 10.4. The van der Waals surface area contributed by atoms with Crippen molar-refractivity contribution in [2.24, 2.45) is 5.92 Å². The molecule has 1 aromatic rings. The Balaban J connectivity index is 1.83. The quantitative estimate of drug-likeness (QED) is 0.776. The predicted molar refractivity (Wildman–Crippen MR) is 64.8 cm³/mol. The summed E-state index contributed by atoms with van der Waals surface area (Å²) in [6.07, 6.45) is 3.35. The van der Waals surface area contributed by atoms with Gasteiger partial charge >= 0.3 is 5.97 Å². The number of rotatable bonds is 3. The number of esters is 1. The molecular weight excluding hydrogens is 235 g/mol.